The fraction of sp³-hybridized carbons (Fsp3) is 0.333. The van der Waals surface area contributed by atoms with Crippen molar-refractivity contribution in [3.05, 3.63) is 94.9 Å². The molecule has 0 saturated carbocycles. The summed E-state index contributed by atoms with van der Waals surface area (Å²) >= 11 is 0. The minimum absolute atomic E-state index is 0.631. The zero-order chi connectivity index (χ0) is 26.8. The number of hydrogen-bond donors (Lipinski definition) is 0. The first-order valence-corrected chi connectivity index (χ1v) is 11.8. The molecule has 0 aliphatic carbocycles. The van der Waals surface area contributed by atoms with Gasteiger partial charge in [0.1, 0.15) is 12.5 Å². The molecule has 0 aliphatic rings. The molecule has 4 nitrogen and oxygen atoms in total. The number of aromatic nitrogens is 2. The van der Waals surface area contributed by atoms with E-state index in [1.165, 1.54) is 12.5 Å². The summed E-state index contributed by atoms with van der Waals surface area (Å²) in [6.07, 6.45) is 6.79. The van der Waals surface area contributed by atoms with Crippen LogP contribution in [0.3, 0.4) is 0 Å². The SMILES string of the molecule is C=C/C(=C\C=C(C)C)C(C)F.C=N/C(C)=C(\C)CCc1ccc(-c2cccc(C=O)c2)nn1.CC. The van der Waals surface area contributed by atoms with Crippen molar-refractivity contribution in [2.45, 2.75) is 67.5 Å². The number of aldehydes is 1. The van der Waals surface area contributed by atoms with Crippen molar-refractivity contribution in [3.63, 3.8) is 0 Å². The Balaban J connectivity index is 0.000000754. The first-order valence-electron chi connectivity index (χ1n) is 11.8. The van der Waals surface area contributed by atoms with Crippen molar-refractivity contribution in [1.29, 1.82) is 0 Å². The smallest absolute Gasteiger partial charge is 0.150 e. The van der Waals surface area contributed by atoms with Crippen LogP contribution in [-0.2, 0) is 6.42 Å². The predicted molar refractivity (Wildman–Crippen MR) is 149 cm³/mol. The van der Waals surface area contributed by atoms with Crippen LogP contribution < -0.4 is 0 Å². The molecule has 0 radical (unpaired) electrons. The average molecular weight is 478 g/mol. The van der Waals surface area contributed by atoms with E-state index in [1.807, 2.05) is 71.0 Å². The Kier molecular flexibility index (Phi) is 16.2. The summed E-state index contributed by atoms with van der Waals surface area (Å²) in [6.45, 7) is 20.5. The van der Waals surface area contributed by atoms with E-state index in [2.05, 4.69) is 35.4 Å². The summed E-state index contributed by atoms with van der Waals surface area (Å²) < 4.78 is 12.6. The summed E-state index contributed by atoms with van der Waals surface area (Å²) in [5.41, 5.74) is 7.20. The van der Waals surface area contributed by atoms with E-state index in [4.69, 9.17) is 0 Å². The lowest BCUT2D eigenvalue weighted by Gasteiger charge is -2.05. The Hall–Kier alpha value is -3.47. The second-order valence-corrected chi connectivity index (χ2v) is 7.91. The summed E-state index contributed by atoms with van der Waals surface area (Å²) in [6, 6.07) is 11.2. The predicted octanol–water partition coefficient (Wildman–Crippen LogP) is 8.33. The molecule has 2 rings (SSSR count). The van der Waals surface area contributed by atoms with Crippen LogP contribution in [0.15, 0.2) is 88.6 Å². The maximum atomic E-state index is 12.6. The van der Waals surface area contributed by atoms with Gasteiger partial charge in [0.25, 0.3) is 0 Å². The van der Waals surface area contributed by atoms with Gasteiger partial charge in [-0.2, -0.15) is 10.2 Å². The minimum Gasteiger partial charge on any atom is -0.298 e. The van der Waals surface area contributed by atoms with Crippen molar-refractivity contribution < 1.29 is 9.18 Å². The molecule has 35 heavy (non-hydrogen) atoms. The number of hydrogen-bond acceptors (Lipinski definition) is 4. The molecule has 0 fully saturated rings. The van der Waals surface area contributed by atoms with Crippen LogP contribution >= 0.6 is 0 Å². The number of alkyl halides is 1. The first kappa shape index (κ1) is 31.5. The highest BCUT2D eigenvalue weighted by Gasteiger charge is 2.04. The molecular formula is C30H40FN3O. The lowest BCUT2D eigenvalue weighted by molar-refractivity contribution is 0.112. The molecule has 5 heteroatoms. The Morgan fingerprint density at radius 1 is 1.09 bits per heavy atom. The van der Waals surface area contributed by atoms with Gasteiger partial charge in [0.05, 0.1) is 11.4 Å². The summed E-state index contributed by atoms with van der Waals surface area (Å²) in [7, 11) is 0. The number of benzene rings is 1. The number of halogens is 1. The van der Waals surface area contributed by atoms with E-state index >= 15 is 0 Å². The highest BCUT2D eigenvalue weighted by atomic mass is 19.1. The van der Waals surface area contributed by atoms with Crippen LogP contribution in [0.5, 0.6) is 0 Å². The van der Waals surface area contributed by atoms with Crippen LogP contribution in [0.2, 0.25) is 0 Å². The van der Waals surface area contributed by atoms with E-state index in [-0.39, 0.29) is 0 Å². The first-order chi connectivity index (χ1) is 16.7. The van der Waals surface area contributed by atoms with E-state index < -0.39 is 6.17 Å². The van der Waals surface area contributed by atoms with Crippen molar-refractivity contribution in [3.8, 4) is 11.3 Å². The zero-order valence-corrected chi connectivity index (χ0v) is 22.3. The fourth-order valence-corrected chi connectivity index (χ4v) is 2.68. The van der Waals surface area contributed by atoms with Gasteiger partial charge in [0.2, 0.25) is 0 Å². The summed E-state index contributed by atoms with van der Waals surface area (Å²) in [5.74, 6) is 0. The van der Waals surface area contributed by atoms with Crippen LogP contribution in [-0.4, -0.2) is 29.4 Å². The third-order valence-corrected chi connectivity index (χ3v) is 4.95. The lowest BCUT2D eigenvalue weighted by atomic mass is 10.1. The summed E-state index contributed by atoms with van der Waals surface area (Å²) in [5, 5.41) is 8.51. The Morgan fingerprint density at radius 3 is 2.26 bits per heavy atom. The van der Waals surface area contributed by atoms with E-state index in [1.54, 1.807) is 18.2 Å². The second kappa shape index (κ2) is 17.9. The Bertz CT molecular complexity index is 1030. The highest BCUT2D eigenvalue weighted by molar-refractivity contribution is 5.78. The molecule has 1 unspecified atom stereocenters. The van der Waals surface area contributed by atoms with Gasteiger partial charge in [0.15, 0.2) is 0 Å². The van der Waals surface area contributed by atoms with E-state index in [0.29, 0.717) is 11.1 Å². The van der Waals surface area contributed by atoms with Crippen molar-refractivity contribution in [1.82, 2.24) is 10.2 Å². The standard InChI is InChI=1S/C18H19N3O.C10H15F.C2H6/c1-13(14(2)19-3)7-8-17-9-10-18(21-20-17)16-6-4-5-15(11-16)12-22;1-5-10(9(4)11)7-6-8(2)3;1-2/h4-6,9-12H,3,7-8H2,1-2H3;5-7,9H,1H2,2-4H3;1-2H3/b14-13+;10-7+;. The average Bonchev–Trinajstić information content (AvgIpc) is 2.88. The molecule has 1 atom stereocenters. The van der Waals surface area contributed by atoms with Crippen LogP contribution in [0.25, 0.3) is 11.3 Å². The third kappa shape index (κ3) is 12.5. The number of rotatable bonds is 9. The maximum Gasteiger partial charge on any atom is 0.150 e. The molecule has 0 bridgehead atoms. The quantitative estimate of drug-likeness (QED) is 0.207. The molecule has 1 aromatic heterocycles. The van der Waals surface area contributed by atoms with E-state index in [0.717, 1.165) is 47.3 Å². The van der Waals surface area contributed by atoms with Crippen molar-refractivity contribution in [2.75, 3.05) is 0 Å². The Labute approximate surface area is 211 Å². The summed E-state index contributed by atoms with van der Waals surface area (Å²) in [4.78, 5) is 14.8. The zero-order valence-electron chi connectivity index (χ0n) is 22.3. The number of carbonyl (C=O) groups excluding carboxylic acids is 1. The third-order valence-electron chi connectivity index (χ3n) is 4.95. The van der Waals surface area contributed by atoms with Crippen LogP contribution in [0, 0.1) is 0 Å². The lowest BCUT2D eigenvalue weighted by Crippen LogP contribution is -1.96. The van der Waals surface area contributed by atoms with Gasteiger partial charge in [-0.15, -0.1) is 0 Å². The normalized spacial score (nSPS) is 11.9. The van der Waals surface area contributed by atoms with Gasteiger partial charge >= 0.3 is 0 Å². The van der Waals surface area contributed by atoms with Gasteiger partial charge in [-0.05, 0) is 78.0 Å². The molecule has 1 aromatic carbocycles. The molecule has 1 heterocycles. The number of nitrogens with zero attached hydrogens (tertiary/aromatic N) is 3. The maximum absolute atomic E-state index is 12.6. The number of carbonyl (C=O) groups is 1. The molecule has 0 aliphatic heterocycles. The minimum atomic E-state index is -0.928. The molecule has 0 N–H and O–H groups in total. The van der Waals surface area contributed by atoms with Gasteiger partial charge in [-0.1, -0.05) is 68.0 Å². The number of aliphatic imine (C=N–C) groups is 1. The van der Waals surface area contributed by atoms with Crippen LogP contribution in [0.1, 0.15) is 70.9 Å². The van der Waals surface area contributed by atoms with Gasteiger partial charge < -0.3 is 0 Å². The van der Waals surface area contributed by atoms with Crippen LogP contribution in [0.4, 0.5) is 4.39 Å². The van der Waals surface area contributed by atoms with Gasteiger partial charge in [-0.3, -0.25) is 9.79 Å². The molecule has 0 saturated heterocycles. The fourth-order valence-electron chi connectivity index (χ4n) is 2.68. The van der Waals surface area contributed by atoms with Crippen molar-refractivity contribution >= 4 is 13.0 Å². The van der Waals surface area contributed by atoms with Crippen molar-refractivity contribution in [2.24, 2.45) is 4.99 Å². The topological polar surface area (TPSA) is 55.2 Å². The molecule has 0 spiro atoms. The largest absolute Gasteiger partial charge is 0.298 e. The highest BCUT2D eigenvalue weighted by Crippen LogP contribution is 2.18. The molecular weight excluding hydrogens is 437 g/mol. The molecule has 188 valence electrons. The number of allylic oxidation sites excluding steroid dienone is 7. The molecule has 2 aromatic rings. The second-order valence-electron chi connectivity index (χ2n) is 7.91. The monoisotopic (exact) mass is 477 g/mol. The van der Waals surface area contributed by atoms with Gasteiger partial charge in [-0.25, -0.2) is 4.39 Å². The van der Waals surface area contributed by atoms with E-state index in [9.17, 15) is 9.18 Å². The number of aryl methyl sites for hydroxylation is 1. The molecule has 0 amide bonds. The Morgan fingerprint density at radius 2 is 1.77 bits per heavy atom. The van der Waals surface area contributed by atoms with Gasteiger partial charge in [0, 0.05) is 16.8 Å².